The normalized spacial score (nSPS) is 10.4. The molecular formula is C12H10INOS. The van der Waals surface area contributed by atoms with Gasteiger partial charge >= 0.3 is 0 Å². The fraction of sp³-hybridized carbons (Fsp3) is 0.167. The van der Waals surface area contributed by atoms with Gasteiger partial charge in [0.25, 0.3) is 0 Å². The Balaban J connectivity index is 2.45. The van der Waals surface area contributed by atoms with Gasteiger partial charge in [0.15, 0.2) is 5.78 Å². The molecule has 0 fully saturated rings. The maximum absolute atomic E-state index is 11.3. The van der Waals surface area contributed by atoms with Crippen LogP contribution in [-0.4, -0.2) is 10.8 Å². The molecule has 2 aromatic rings. The van der Waals surface area contributed by atoms with Gasteiger partial charge in [0.2, 0.25) is 0 Å². The van der Waals surface area contributed by atoms with Crippen LogP contribution in [-0.2, 0) is 0 Å². The van der Waals surface area contributed by atoms with Crippen molar-refractivity contribution in [1.82, 2.24) is 4.98 Å². The highest BCUT2D eigenvalue weighted by Crippen LogP contribution is 2.28. The van der Waals surface area contributed by atoms with Gasteiger partial charge in [-0.15, -0.1) is 11.3 Å². The van der Waals surface area contributed by atoms with Crippen molar-refractivity contribution in [3.05, 3.63) is 38.4 Å². The summed E-state index contributed by atoms with van der Waals surface area (Å²) in [6, 6.07) is 8.15. The molecule has 0 atom stereocenters. The van der Waals surface area contributed by atoms with Crippen molar-refractivity contribution in [2.45, 2.75) is 13.8 Å². The summed E-state index contributed by atoms with van der Waals surface area (Å²) in [6.45, 7) is 3.46. The van der Waals surface area contributed by atoms with E-state index in [4.69, 9.17) is 0 Å². The molecule has 2 rings (SSSR count). The third kappa shape index (κ3) is 2.32. The van der Waals surface area contributed by atoms with Crippen molar-refractivity contribution in [2.75, 3.05) is 0 Å². The van der Waals surface area contributed by atoms with Gasteiger partial charge in [-0.3, -0.25) is 4.79 Å². The van der Waals surface area contributed by atoms with Crippen LogP contribution in [0.15, 0.2) is 24.3 Å². The number of benzene rings is 1. The summed E-state index contributed by atoms with van der Waals surface area (Å²) >= 11 is 3.73. The van der Waals surface area contributed by atoms with E-state index in [0.29, 0.717) is 0 Å². The topological polar surface area (TPSA) is 30.0 Å². The Morgan fingerprint density at radius 3 is 2.44 bits per heavy atom. The smallest absolute Gasteiger partial charge is 0.171 e. The van der Waals surface area contributed by atoms with E-state index in [2.05, 4.69) is 27.6 Å². The highest BCUT2D eigenvalue weighted by atomic mass is 127. The number of ketones is 1. The van der Waals surface area contributed by atoms with Crippen LogP contribution >= 0.6 is 33.9 Å². The maximum Gasteiger partial charge on any atom is 0.171 e. The molecule has 1 aromatic carbocycles. The average Bonchev–Trinajstić information content (AvgIpc) is 2.61. The predicted molar refractivity (Wildman–Crippen MR) is 75.0 cm³/mol. The highest BCUT2D eigenvalue weighted by Gasteiger charge is 2.12. The zero-order valence-corrected chi connectivity index (χ0v) is 11.9. The first-order valence-electron chi connectivity index (χ1n) is 4.82. The molecule has 0 unspecified atom stereocenters. The molecule has 0 amide bonds. The van der Waals surface area contributed by atoms with Gasteiger partial charge in [-0.25, -0.2) is 4.98 Å². The number of hydrogen-bond acceptors (Lipinski definition) is 3. The molecule has 0 aliphatic carbocycles. The SMILES string of the molecule is CC(=O)c1sc(-c2ccc(I)cc2)nc1C. The number of Topliss-reactive ketones (excluding diaryl/α,β-unsaturated/α-hetero) is 1. The third-order valence-corrected chi connectivity index (χ3v) is 4.23. The van der Waals surface area contributed by atoms with Crippen molar-refractivity contribution in [1.29, 1.82) is 0 Å². The molecule has 0 radical (unpaired) electrons. The minimum absolute atomic E-state index is 0.0896. The van der Waals surface area contributed by atoms with Crippen LogP contribution in [0.25, 0.3) is 10.6 Å². The van der Waals surface area contributed by atoms with Crippen molar-refractivity contribution in [3.63, 3.8) is 0 Å². The Hall–Kier alpha value is -0.750. The van der Waals surface area contributed by atoms with Crippen LogP contribution in [0.1, 0.15) is 22.3 Å². The monoisotopic (exact) mass is 343 g/mol. The van der Waals surface area contributed by atoms with E-state index in [-0.39, 0.29) is 5.78 Å². The number of carbonyl (C=O) groups excluding carboxylic acids is 1. The lowest BCUT2D eigenvalue weighted by molar-refractivity contribution is 0.102. The van der Waals surface area contributed by atoms with E-state index >= 15 is 0 Å². The van der Waals surface area contributed by atoms with Crippen LogP contribution in [0.3, 0.4) is 0 Å². The van der Waals surface area contributed by atoms with E-state index < -0.39 is 0 Å². The fourth-order valence-corrected chi connectivity index (χ4v) is 2.77. The van der Waals surface area contributed by atoms with Crippen LogP contribution in [0, 0.1) is 10.5 Å². The summed E-state index contributed by atoms with van der Waals surface area (Å²) in [6.07, 6.45) is 0. The average molecular weight is 343 g/mol. The molecule has 0 saturated heterocycles. The summed E-state index contributed by atoms with van der Waals surface area (Å²) in [4.78, 5) is 16.5. The lowest BCUT2D eigenvalue weighted by Crippen LogP contribution is -1.89. The number of halogens is 1. The lowest BCUT2D eigenvalue weighted by atomic mass is 10.2. The number of thiazole rings is 1. The van der Waals surface area contributed by atoms with Crippen molar-refractivity contribution >= 4 is 39.7 Å². The van der Waals surface area contributed by atoms with Gasteiger partial charge in [-0.05, 0) is 41.6 Å². The molecule has 4 heteroatoms. The number of aryl methyl sites for hydroxylation is 1. The molecule has 0 aliphatic rings. The molecule has 0 aliphatic heterocycles. The summed E-state index contributed by atoms with van der Waals surface area (Å²) in [5, 5.41) is 0.916. The summed E-state index contributed by atoms with van der Waals surface area (Å²) in [7, 11) is 0. The molecule has 2 nitrogen and oxygen atoms in total. The summed E-state index contributed by atoms with van der Waals surface area (Å²) in [5.41, 5.74) is 1.90. The molecule has 16 heavy (non-hydrogen) atoms. The second-order valence-corrected chi connectivity index (χ2v) is 5.74. The number of rotatable bonds is 2. The third-order valence-electron chi connectivity index (χ3n) is 2.21. The van der Waals surface area contributed by atoms with Gasteiger partial charge in [0, 0.05) is 16.1 Å². The van der Waals surface area contributed by atoms with Gasteiger partial charge < -0.3 is 0 Å². The predicted octanol–water partition coefficient (Wildman–Crippen LogP) is 3.93. The van der Waals surface area contributed by atoms with Crippen LogP contribution in [0.5, 0.6) is 0 Å². The number of carbonyl (C=O) groups is 1. The molecule has 0 saturated carbocycles. The van der Waals surface area contributed by atoms with E-state index in [0.717, 1.165) is 21.1 Å². The molecule has 1 aromatic heterocycles. The molecule has 0 bridgehead atoms. The fourth-order valence-electron chi connectivity index (χ4n) is 1.44. The first-order chi connectivity index (χ1) is 7.58. The Labute approximate surface area is 112 Å². The molecule has 82 valence electrons. The van der Waals surface area contributed by atoms with Crippen molar-refractivity contribution in [3.8, 4) is 10.6 Å². The summed E-state index contributed by atoms with van der Waals surface area (Å²) in [5.74, 6) is 0.0896. The van der Waals surface area contributed by atoms with Gasteiger partial charge in [0.1, 0.15) is 5.01 Å². The molecule has 0 spiro atoms. The lowest BCUT2D eigenvalue weighted by Gasteiger charge is -1.95. The van der Waals surface area contributed by atoms with Gasteiger partial charge in [0.05, 0.1) is 10.6 Å². The Morgan fingerprint density at radius 1 is 1.31 bits per heavy atom. The zero-order chi connectivity index (χ0) is 11.7. The maximum atomic E-state index is 11.3. The first kappa shape index (κ1) is 11.7. The number of nitrogens with zero attached hydrogens (tertiary/aromatic N) is 1. The molecular weight excluding hydrogens is 333 g/mol. The van der Waals surface area contributed by atoms with E-state index in [1.165, 1.54) is 14.9 Å². The zero-order valence-electron chi connectivity index (χ0n) is 8.95. The second-order valence-electron chi connectivity index (χ2n) is 3.50. The Kier molecular flexibility index (Phi) is 3.39. The van der Waals surface area contributed by atoms with E-state index in [1.807, 2.05) is 31.2 Å². The second kappa shape index (κ2) is 4.63. The van der Waals surface area contributed by atoms with Gasteiger partial charge in [-0.2, -0.15) is 0 Å². The number of hydrogen-bond donors (Lipinski definition) is 0. The van der Waals surface area contributed by atoms with Crippen LogP contribution in [0.4, 0.5) is 0 Å². The van der Waals surface area contributed by atoms with Crippen molar-refractivity contribution < 1.29 is 4.79 Å². The minimum atomic E-state index is 0.0896. The first-order valence-corrected chi connectivity index (χ1v) is 6.72. The Morgan fingerprint density at radius 2 is 1.94 bits per heavy atom. The Bertz CT molecular complexity index is 530. The van der Waals surface area contributed by atoms with E-state index in [1.54, 1.807) is 6.92 Å². The molecule has 1 heterocycles. The van der Waals surface area contributed by atoms with Crippen LogP contribution < -0.4 is 0 Å². The standard InChI is InChI=1S/C12H10INOS/c1-7-11(8(2)15)16-12(14-7)9-3-5-10(13)6-4-9/h3-6H,1-2H3. The largest absolute Gasteiger partial charge is 0.294 e. The van der Waals surface area contributed by atoms with Crippen LogP contribution in [0.2, 0.25) is 0 Å². The minimum Gasteiger partial charge on any atom is -0.294 e. The van der Waals surface area contributed by atoms with Gasteiger partial charge in [-0.1, -0.05) is 12.1 Å². The highest BCUT2D eigenvalue weighted by molar-refractivity contribution is 14.1. The van der Waals surface area contributed by atoms with Crippen molar-refractivity contribution in [2.24, 2.45) is 0 Å². The quantitative estimate of drug-likeness (QED) is 0.611. The summed E-state index contributed by atoms with van der Waals surface area (Å²) < 4.78 is 1.20. The number of aromatic nitrogens is 1. The van der Waals surface area contributed by atoms with E-state index in [9.17, 15) is 4.79 Å². The molecule has 0 N–H and O–H groups in total.